The summed E-state index contributed by atoms with van der Waals surface area (Å²) in [6.45, 7) is 3.42. The van der Waals surface area contributed by atoms with E-state index in [1.54, 1.807) is 13.8 Å². The largest absolute Gasteiger partial charge is 0.476 e. The fourth-order valence-electron chi connectivity index (χ4n) is 1.38. The molecule has 90 valence electrons. The molecule has 0 spiro atoms. The molecule has 6 nitrogen and oxygen atoms in total. The molecular formula is C8H11ClN2O4S. The minimum atomic E-state index is -4.13. The Bertz CT molecular complexity index is 532. The van der Waals surface area contributed by atoms with Crippen molar-refractivity contribution in [2.45, 2.75) is 24.7 Å². The van der Waals surface area contributed by atoms with Gasteiger partial charge in [-0.2, -0.15) is 5.10 Å². The molecule has 0 aliphatic rings. The van der Waals surface area contributed by atoms with Crippen LogP contribution in [0.1, 0.15) is 35.9 Å². The summed E-state index contributed by atoms with van der Waals surface area (Å²) in [6.07, 6.45) is 0. The SMILES string of the molecule is CC(C)c1nn(C)c(C(=O)O)c1S(=O)(=O)Cl. The van der Waals surface area contributed by atoms with Crippen LogP contribution in [0.2, 0.25) is 0 Å². The first-order valence-corrected chi connectivity index (χ1v) is 6.72. The van der Waals surface area contributed by atoms with Crippen LogP contribution in [0, 0.1) is 0 Å². The van der Waals surface area contributed by atoms with E-state index in [2.05, 4.69) is 5.10 Å². The number of carbonyl (C=O) groups is 1. The van der Waals surface area contributed by atoms with Crippen LogP contribution < -0.4 is 0 Å². The van der Waals surface area contributed by atoms with Gasteiger partial charge in [-0.05, 0) is 5.92 Å². The average Bonchev–Trinajstić information content (AvgIpc) is 2.41. The summed E-state index contributed by atoms with van der Waals surface area (Å²) in [5.41, 5.74) is -0.256. The lowest BCUT2D eigenvalue weighted by molar-refractivity contribution is 0.0680. The molecule has 16 heavy (non-hydrogen) atoms. The Hall–Kier alpha value is -1.08. The fourth-order valence-corrected chi connectivity index (χ4v) is 2.81. The predicted octanol–water partition coefficient (Wildman–Crippen LogP) is 1.17. The molecule has 0 radical (unpaired) electrons. The number of aromatic nitrogens is 2. The summed E-state index contributed by atoms with van der Waals surface area (Å²) in [4.78, 5) is 10.5. The van der Waals surface area contributed by atoms with Crippen molar-refractivity contribution in [3.8, 4) is 0 Å². The zero-order chi connectivity index (χ0) is 12.7. The lowest BCUT2D eigenvalue weighted by atomic mass is 10.1. The van der Waals surface area contributed by atoms with E-state index in [4.69, 9.17) is 15.8 Å². The number of aryl methyl sites for hydroxylation is 1. The monoisotopic (exact) mass is 266 g/mol. The summed E-state index contributed by atoms with van der Waals surface area (Å²) >= 11 is 0. The number of carboxylic acids is 1. The highest BCUT2D eigenvalue weighted by molar-refractivity contribution is 8.13. The van der Waals surface area contributed by atoms with E-state index in [9.17, 15) is 13.2 Å². The average molecular weight is 267 g/mol. The highest BCUT2D eigenvalue weighted by Gasteiger charge is 2.31. The third kappa shape index (κ3) is 2.19. The van der Waals surface area contributed by atoms with E-state index >= 15 is 0 Å². The van der Waals surface area contributed by atoms with E-state index in [0.717, 1.165) is 4.68 Å². The predicted molar refractivity (Wildman–Crippen MR) is 57.3 cm³/mol. The van der Waals surface area contributed by atoms with Crippen molar-refractivity contribution in [2.24, 2.45) is 7.05 Å². The smallest absolute Gasteiger partial charge is 0.355 e. The Morgan fingerprint density at radius 1 is 1.50 bits per heavy atom. The van der Waals surface area contributed by atoms with Gasteiger partial charge in [-0.1, -0.05) is 13.8 Å². The van der Waals surface area contributed by atoms with Crippen LogP contribution in [0.15, 0.2) is 4.90 Å². The van der Waals surface area contributed by atoms with Crippen LogP contribution in [-0.2, 0) is 16.1 Å². The molecule has 1 N–H and O–H groups in total. The topological polar surface area (TPSA) is 89.3 Å². The first kappa shape index (κ1) is 13.0. The summed E-state index contributed by atoms with van der Waals surface area (Å²) in [7, 11) is 2.46. The molecule has 0 unspecified atom stereocenters. The number of halogens is 1. The van der Waals surface area contributed by atoms with Gasteiger partial charge in [0.1, 0.15) is 4.90 Å². The molecule has 0 bridgehead atoms. The van der Waals surface area contributed by atoms with Gasteiger partial charge in [-0.3, -0.25) is 4.68 Å². The van der Waals surface area contributed by atoms with E-state index in [0.29, 0.717) is 0 Å². The van der Waals surface area contributed by atoms with Crippen molar-refractivity contribution >= 4 is 25.7 Å². The zero-order valence-electron chi connectivity index (χ0n) is 8.93. The van der Waals surface area contributed by atoms with Crippen LogP contribution >= 0.6 is 10.7 Å². The van der Waals surface area contributed by atoms with Crippen molar-refractivity contribution in [2.75, 3.05) is 0 Å². The lowest BCUT2D eigenvalue weighted by Gasteiger charge is -2.02. The third-order valence-electron chi connectivity index (χ3n) is 2.02. The van der Waals surface area contributed by atoms with Crippen molar-refractivity contribution in [1.82, 2.24) is 9.78 Å². The van der Waals surface area contributed by atoms with Gasteiger partial charge in [0.2, 0.25) is 0 Å². The molecular weight excluding hydrogens is 256 g/mol. The maximum Gasteiger partial charge on any atom is 0.355 e. The summed E-state index contributed by atoms with van der Waals surface area (Å²) in [6, 6.07) is 0. The van der Waals surface area contributed by atoms with Crippen LogP contribution in [0.25, 0.3) is 0 Å². The quantitative estimate of drug-likeness (QED) is 0.830. The maximum absolute atomic E-state index is 11.3. The molecule has 1 rings (SSSR count). The first-order chi connectivity index (χ1) is 7.16. The van der Waals surface area contributed by atoms with Crippen LogP contribution in [0.5, 0.6) is 0 Å². The maximum atomic E-state index is 11.3. The van der Waals surface area contributed by atoms with Gasteiger partial charge in [0.05, 0.1) is 5.69 Å². The second-order valence-electron chi connectivity index (χ2n) is 3.58. The molecule has 0 amide bonds. The zero-order valence-corrected chi connectivity index (χ0v) is 10.5. The Morgan fingerprint density at radius 2 is 2.00 bits per heavy atom. The number of nitrogens with zero attached hydrogens (tertiary/aromatic N) is 2. The molecule has 1 aromatic rings. The molecule has 0 saturated heterocycles. The molecule has 0 aromatic carbocycles. The number of hydrogen-bond acceptors (Lipinski definition) is 4. The van der Waals surface area contributed by atoms with Gasteiger partial charge >= 0.3 is 5.97 Å². The number of rotatable bonds is 3. The molecule has 1 aromatic heterocycles. The lowest BCUT2D eigenvalue weighted by Crippen LogP contribution is -2.09. The molecule has 1 heterocycles. The minimum absolute atomic E-state index is 0.162. The second-order valence-corrected chi connectivity index (χ2v) is 6.09. The normalized spacial score (nSPS) is 12.1. The molecule has 0 atom stereocenters. The molecule has 0 saturated carbocycles. The molecule has 0 fully saturated rings. The third-order valence-corrected chi connectivity index (χ3v) is 3.38. The molecule has 8 heteroatoms. The van der Waals surface area contributed by atoms with E-state index in [-0.39, 0.29) is 11.6 Å². The second kappa shape index (κ2) is 4.06. The van der Waals surface area contributed by atoms with Gasteiger partial charge in [0.15, 0.2) is 5.69 Å². The fraction of sp³-hybridized carbons (Fsp3) is 0.500. The van der Waals surface area contributed by atoms with Gasteiger partial charge in [-0.15, -0.1) is 0 Å². The van der Waals surface area contributed by atoms with Gasteiger partial charge in [-0.25, -0.2) is 13.2 Å². The summed E-state index contributed by atoms with van der Waals surface area (Å²) in [5.74, 6) is -1.61. The number of aromatic carboxylic acids is 1. The summed E-state index contributed by atoms with van der Waals surface area (Å²) in [5, 5.41) is 12.8. The van der Waals surface area contributed by atoms with Gasteiger partial charge in [0.25, 0.3) is 9.05 Å². The van der Waals surface area contributed by atoms with Crippen LogP contribution in [0.3, 0.4) is 0 Å². The summed E-state index contributed by atoms with van der Waals surface area (Å²) < 4.78 is 23.7. The highest BCUT2D eigenvalue weighted by Crippen LogP contribution is 2.28. The number of carboxylic acid groups (broad SMARTS) is 1. The van der Waals surface area contributed by atoms with Crippen LogP contribution in [-0.4, -0.2) is 29.3 Å². The van der Waals surface area contributed by atoms with Crippen molar-refractivity contribution in [3.05, 3.63) is 11.4 Å². The molecule has 0 aliphatic heterocycles. The Morgan fingerprint density at radius 3 is 2.31 bits per heavy atom. The minimum Gasteiger partial charge on any atom is -0.476 e. The standard InChI is InChI=1S/C8H11ClN2O4S/c1-4(2)5-7(16(9,14)15)6(8(12)13)11(3)10-5/h4H,1-3H3,(H,12,13). The van der Waals surface area contributed by atoms with Crippen LogP contribution in [0.4, 0.5) is 0 Å². The van der Waals surface area contributed by atoms with Crippen molar-refractivity contribution < 1.29 is 18.3 Å². The Labute approximate surface area is 97.3 Å². The van der Waals surface area contributed by atoms with E-state index in [1.807, 2.05) is 0 Å². The first-order valence-electron chi connectivity index (χ1n) is 4.41. The van der Waals surface area contributed by atoms with Crippen molar-refractivity contribution in [1.29, 1.82) is 0 Å². The Balaban J connectivity index is 3.70. The van der Waals surface area contributed by atoms with Crippen molar-refractivity contribution in [3.63, 3.8) is 0 Å². The highest BCUT2D eigenvalue weighted by atomic mass is 35.7. The molecule has 0 aliphatic carbocycles. The van der Waals surface area contributed by atoms with E-state index in [1.165, 1.54) is 7.05 Å². The van der Waals surface area contributed by atoms with Gasteiger partial charge < -0.3 is 5.11 Å². The van der Waals surface area contributed by atoms with Gasteiger partial charge in [0, 0.05) is 17.7 Å². The van der Waals surface area contributed by atoms with E-state index < -0.39 is 25.6 Å². The number of hydrogen-bond donors (Lipinski definition) is 1. The Kier molecular flexibility index (Phi) is 3.30.